The fraction of sp³-hybridized carbons (Fsp3) is 0.900. The fourth-order valence-corrected chi connectivity index (χ4v) is 7.28. The Bertz CT molecular complexity index is 466. The summed E-state index contributed by atoms with van der Waals surface area (Å²) >= 11 is 4.74. The predicted molar refractivity (Wildman–Crippen MR) is 93.6 cm³/mol. The van der Waals surface area contributed by atoms with Gasteiger partial charge in [0.25, 0.3) is 0 Å². The van der Waals surface area contributed by atoms with E-state index in [2.05, 4.69) is 26.8 Å². The van der Waals surface area contributed by atoms with Gasteiger partial charge in [0.1, 0.15) is 0 Å². The minimum atomic E-state index is 0.523. The van der Waals surface area contributed by atoms with Crippen LogP contribution in [0.25, 0.3) is 0 Å². The molecule has 0 spiro atoms. The molecular weight excluding hydrogens is 272 g/mol. The number of hydrogen-bond acceptors (Lipinski definition) is 1. The van der Waals surface area contributed by atoms with Gasteiger partial charge in [0.05, 0.1) is 0 Å². The SMILES string of the molecule is C[C@H]1CCC2[C@@H]3CCC4=C[C@@H](S)CC[C@]4(C)C3CC[C@@]21C. The Kier molecular flexibility index (Phi) is 3.35. The van der Waals surface area contributed by atoms with Crippen molar-refractivity contribution >= 4 is 12.6 Å². The summed E-state index contributed by atoms with van der Waals surface area (Å²) in [6.07, 6.45) is 14.1. The largest absolute Gasteiger partial charge is 0.172 e. The minimum Gasteiger partial charge on any atom is -0.172 e. The lowest BCUT2D eigenvalue weighted by Gasteiger charge is -2.58. The molecule has 0 aliphatic heterocycles. The summed E-state index contributed by atoms with van der Waals surface area (Å²) in [6, 6.07) is 0. The first-order valence-electron chi connectivity index (χ1n) is 9.34. The molecule has 7 atom stereocenters. The van der Waals surface area contributed by atoms with Gasteiger partial charge in [-0.2, -0.15) is 12.6 Å². The van der Waals surface area contributed by atoms with E-state index in [1.54, 1.807) is 5.57 Å². The topological polar surface area (TPSA) is 0 Å². The third-order valence-electron chi connectivity index (χ3n) is 8.56. The molecule has 0 radical (unpaired) electrons. The second-order valence-electron chi connectivity index (χ2n) is 9.15. The first-order chi connectivity index (χ1) is 9.95. The van der Waals surface area contributed by atoms with Gasteiger partial charge in [0.15, 0.2) is 0 Å². The van der Waals surface area contributed by atoms with Crippen LogP contribution in [0.15, 0.2) is 11.6 Å². The molecule has 0 saturated heterocycles. The number of fused-ring (bicyclic) bond motifs is 5. The van der Waals surface area contributed by atoms with Crippen molar-refractivity contribution in [2.75, 3.05) is 0 Å². The minimum absolute atomic E-state index is 0.523. The van der Waals surface area contributed by atoms with E-state index in [9.17, 15) is 0 Å². The monoisotopic (exact) mass is 304 g/mol. The first-order valence-corrected chi connectivity index (χ1v) is 9.86. The molecule has 3 saturated carbocycles. The molecule has 1 heteroatoms. The third kappa shape index (κ3) is 1.95. The van der Waals surface area contributed by atoms with Crippen molar-refractivity contribution in [2.24, 2.45) is 34.5 Å². The van der Waals surface area contributed by atoms with E-state index in [1.807, 2.05) is 0 Å². The number of hydrogen-bond donors (Lipinski definition) is 1. The summed E-state index contributed by atoms with van der Waals surface area (Å²) in [5.41, 5.74) is 2.97. The van der Waals surface area contributed by atoms with Crippen LogP contribution < -0.4 is 0 Å². The Morgan fingerprint density at radius 1 is 1.00 bits per heavy atom. The van der Waals surface area contributed by atoms with Gasteiger partial charge in [-0.1, -0.05) is 32.4 Å². The Hall–Kier alpha value is 0.0900. The molecule has 0 heterocycles. The molecule has 3 fully saturated rings. The van der Waals surface area contributed by atoms with Crippen molar-refractivity contribution in [1.82, 2.24) is 0 Å². The number of rotatable bonds is 0. The predicted octanol–water partition coefficient (Wildman–Crippen LogP) is 5.88. The maximum absolute atomic E-state index is 4.74. The van der Waals surface area contributed by atoms with Crippen LogP contribution in [-0.2, 0) is 0 Å². The van der Waals surface area contributed by atoms with Crippen molar-refractivity contribution < 1.29 is 0 Å². The molecule has 21 heavy (non-hydrogen) atoms. The molecule has 0 aromatic rings. The molecule has 0 aromatic heterocycles. The van der Waals surface area contributed by atoms with Crippen LogP contribution in [0.2, 0.25) is 0 Å². The van der Waals surface area contributed by atoms with Crippen LogP contribution in [0.1, 0.15) is 72.1 Å². The van der Waals surface area contributed by atoms with E-state index in [-0.39, 0.29) is 0 Å². The third-order valence-corrected chi connectivity index (χ3v) is 8.97. The van der Waals surface area contributed by atoms with Crippen LogP contribution in [0, 0.1) is 34.5 Å². The summed E-state index contributed by atoms with van der Waals surface area (Å²) in [5.74, 6) is 3.98. The highest BCUT2D eigenvalue weighted by molar-refractivity contribution is 7.81. The Labute approximate surface area is 136 Å². The fourth-order valence-electron chi connectivity index (χ4n) is 6.97. The van der Waals surface area contributed by atoms with Gasteiger partial charge in [-0.3, -0.25) is 0 Å². The molecule has 2 unspecified atom stereocenters. The highest BCUT2D eigenvalue weighted by Crippen LogP contribution is 2.66. The van der Waals surface area contributed by atoms with E-state index < -0.39 is 0 Å². The van der Waals surface area contributed by atoms with E-state index in [1.165, 1.54) is 51.4 Å². The van der Waals surface area contributed by atoms with Crippen LogP contribution in [0.5, 0.6) is 0 Å². The van der Waals surface area contributed by atoms with Crippen molar-refractivity contribution in [1.29, 1.82) is 0 Å². The summed E-state index contributed by atoms with van der Waals surface area (Å²) < 4.78 is 0. The quantitative estimate of drug-likeness (QED) is 0.419. The van der Waals surface area contributed by atoms with Crippen LogP contribution >= 0.6 is 12.6 Å². The van der Waals surface area contributed by atoms with Crippen LogP contribution in [0.4, 0.5) is 0 Å². The summed E-state index contributed by atoms with van der Waals surface area (Å²) in [4.78, 5) is 0. The molecule has 4 aliphatic rings. The summed E-state index contributed by atoms with van der Waals surface area (Å²) in [5, 5.41) is 0.532. The highest BCUT2D eigenvalue weighted by atomic mass is 32.1. The molecular formula is C20H32S. The van der Waals surface area contributed by atoms with Gasteiger partial charge < -0.3 is 0 Å². The Morgan fingerprint density at radius 3 is 2.62 bits per heavy atom. The van der Waals surface area contributed by atoms with Crippen molar-refractivity contribution in [3.05, 3.63) is 11.6 Å². The van der Waals surface area contributed by atoms with E-state index in [0.29, 0.717) is 16.1 Å². The van der Waals surface area contributed by atoms with Gasteiger partial charge >= 0.3 is 0 Å². The second-order valence-corrected chi connectivity index (χ2v) is 9.82. The molecule has 0 aromatic carbocycles. The van der Waals surface area contributed by atoms with Crippen LogP contribution in [0.3, 0.4) is 0 Å². The van der Waals surface area contributed by atoms with E-state index >= 15 is 0 Å². The van der Waals surface area contributed by atoms with Crippen molar-refractivity contribution in [2.45, 2.75) is 77.4 Å². The molecule has 0 bridgehead atoms. The van der Waals surface area contributed by atoms with E-state index in [4.69, 9.17) is 12.6 Å². The van der Waals surface area contributed by atoms with Crippen LogP contribution in [-0.4, -0.2) is 5.25 Å². The molecule has 4 rings (SSSR count). The zero-order valence-electron chi connectivity index (χ0n) is 14.1. The van der Waals surface area contributed by atoms with Gasteiger partial charge in [-0.25, -0.2) is 0 Å². The van der Waals surface area contributed by atoms with Crippen molar-refractivity contribution in [3.8, 4) is 0 Å². The second kappa shape index (κ2) is 4.79. The average molecular weight is 305 g/mol. The maximum atomic E-state index is 4.74. The highest BCUT2D eigenvalue weighted by Gasteiger charge is 2.57. The molecule has 118 valence electrons. The standard InChI is InChI=1S/C20H32S/c1-13-4-7-17-16-6-5-14-12-15(21)8-10-20(14,3)18(16)9-11-19(13,17)2/h12-13,15-18,21H,4-11H2,1-3H3/t13-,15-,16-,17?,18?,19+,20-/m0/s1. The van der Waals surface area contributed by atoms with Gasteiger partial charge in [0, 0.05) is 5.25 Å². The molecule has 4 aliphatic carbocycles. The lowest BCUT2D eigenvalue weighted by molar-refractivity contribution is -0.0484. The normalized spacial score (nSPS) is 56.2. The maximum Gasteiger partial charge on any atom is 0.0199 e. The zero-order valence-corrected chi connectivity index (χ0v) is 15.0. The number of allylic oxidation sites excluding steroid dienone is 1. The zero-order chi connectivity index (χ0) is 14.8. The lowest BCUT2D eigenvalue weighted by Crippen LogP contribution is -2.50. The molecule has 0 nitrogen and oxygen atoms in total. The number of thiol groups is 1. The average Bonchev–Trinajstić information content (AvgIpc) is 2.76. The molecule has 0 N–H and O–H groups in total. The van der Waals surface area contributed by atoms with Gasteiger partial charge in [-0.15, -0.1) is 0 Å². The first kappa shape index (κ1) is 14.7. The van der Waals surface area contributed by atoms with Gasteiger partial charge in [0.2, 0.25) is 0 Å². The smallest absolute Gasteiger partial charge is 0.0199 e. The van der Waals surface area contributed by atoms with Crippen molar-refractivity contribution in [3.63, 3.8) is 0 Å². The Balaban J connectivity index is 1.67. The molecule has 0 amide bonds. The lowest BCUT2D eigenvalue weighted by atomic mass is 9.47. The van der Waals surface area contributed by atoms with Gasteiger partial charge in [-0.05, 0) is 85.9 Å². The summed E-state index contributed by atoms with van der Waals surface area (Å²) in [7, 11) is 0. The summed E-state index contributed by atoms with van der Waals surface area (Å²) in [6.45, 7) is 7.77. The van der Waals surface area contributed by atoms with E-state index in [0.717, 1.165) is 23.7 Å². The Morgan fingerprint density at radius 2 is 1.81 bits per heavy atom.